The van der Waals surface area contributed by atoms with Gasteiger partial charge in [0.1, 0.15) is 5.78 Å². The van der Waals surface area contributed by atoms with Gasteiger partial charge in [-0.1, -0.05) is 6.07 Å². The van der Waals surface area contributed by atoms with Gasteiger partial charge in [0, 0.05) is 112 Å². The molecule has 2 rings (SSSR count). The quantitative estimate of drug-likeness (QED) is 0.0685. The number of carboxylic acids is 3. The monoisotopic (exact) mass is 878 g/mol. The Morgan fingerprint density at radius 2 is 1.16 bits per heavy atom. The van der Waals surface area contributed by atoms with E-state index in [9.17, 15) is 44.1 Å². The van der Waals surface area contributed by atoms with Gasteiger partial charge in [0.05, 0.1) is 81.5 Å². The number of carbonyl (C=O) groups excluding carboxylic acids is 6. The highest BCUT2D eigenvalue weighted by Crippen LogP contribution is 2.16. The van der Waals surface area contributed by atoms with E-state index in [0.29, 0.717) is 116 Å². The van der Waals surface area contributed by atoms with Crippen LogP contribution in [0.25, 0.3) is 0 Å². The normalized spacial score (nSPS) is 14.7. The van der Waals surface area contributed by atoms with E-state index in [0.717, 1.165) is 6.42 Å². The number of carboxylic acid groups (broad SMARTS) is 3. The molecule has 0 spiro atoms. The molecule has 1 aliphatic rings. The van der Waals surface area contributed by atoms with Crippen LogP contribution in [-0.4, -0.2) is 184 Å². The molecule has 1 aliphatic heterocycles. The fourth-order valence-corrected chi connectivity index (χ4v) is 6.72. The van der Waals surface area contributed by atoms with Crippen molar-refractivity contribution in [2.24, 2.45) is 0 Å². The van der Waals surface area contributed by atoms with Gasteiger partial charge in [-0.2, -0.15) is 0 Å². The van der Waals surface area contributed by atoms with E-state index in [1.54, 1.807) is 37.8 Å². The summed E-state index contributed by atoms with van der Waals surface area (Å²) in [5, 5.41) is 35.2. The van der Waals surface area contributed by atoms with Crippen molar-refractivity contribution in [2.45, 2.75) is 90.8 Å². The number of Topliss-reactive ketones (excluding diaryl/α,β-unsaturated/α-hetero) is 2. The molecule has 19 heteroatoms. The van der Waals surface area contributed by atoms with Crippen molar-refractivity contribution in [1.82, 2.24) is 24.6 Å². The summed E-state index contributed by atoms with van der Waals surface area (Å²) in [4.78, 5) is 83.3. The Kier molecular flexibility index (Phi) is 29.4. The van der Waals surface area contributed by atoms with Gasteiger partial charge in [-0.05, 0) is 57.6 Å². The number of pyridine rings is 1. The van der Waals surface area contributed by atoms with Crippen LogP contribution in [0.4, 0.5) is 0 Å². The molecule has 1 aromatic rings. The average molecular weight is 879 g/mol. The van der Waals surface area contributed by atoms with Gasteiger partial charge < -0.3 is 58.3 Å². The van der Waals surface area contributed by atoms with E-state index in [1.807, 2.05) is 6.92 Å². The third-order valence-electron chi connectivity index (χ3n) is 10.0. The molecule has 62 heavy (non-hydrogen) atoms. The number of aliphatic carboxylic acids is 3. The van der Waals surface area contributed by atoms with Gasteiger partial charge in [-0.3, -0.25) is 34.1 Å². The fourth-order valence-electron chi connectivity index (χ4n) is 6.72. The molecule has 0 N–H and O–H groups in total. The number of hydrogen-bond donors (Lipinski definition) is 0. The number of unbranched alkanes of at least 4 members (excludes halogenated alkanes) is 2. The lowest BCUT2D eigenvalue weighted by atomic mass is 10.0. The molecule has 1 amide bonds. The molecular weight excluding hydrogens is 810 g/mol. The zero-order valence-corrected chi connectivity index (χ0v) is 36.8. The molecule has 0 radical (unpaired) electrons. The smallest absolute Gasteiger partial charge is 0.219 e. The van der Waals surface area contributed by atoms with Crippen molar-refractivity contribution in [3.63, 3.8) is 0 Å². The lowest BCUT2D eigenvalue weighted by molar-refractivity contribution is -0.313. The number of ketones is 2. The molecule has 2 heterocycles. The standard InChI is InChI=1S/C43H71N5O14/c1-3-58-24-25-61-23-9-16-47(35(2)49)32-39(51)13-5-7-22-60-27-29-62-28-26-59-21-6-4-12-38(50)14-15-40(43(56)57)48-20-19-45(33-41(52)53)17-18-46(34-42(54)55)30-36-10-8-11-37(31-48)44-36/h8,10-11,40H,3-7,9,12-34H2,1-2H3,(H,52,53)(H,54,55)(H,56,57)/p-3. The number of fused-ring (bicyclic) bond motifs is 2. The van der Waals surface area contributed by atoms with E-state index in [-0.39, 0.29) is 89.1 Å². The first-order valence-corrected chi connectivity index (χ1v) is 21.8. The van der Waals surface area contributed by atoms with Gasteiger partial charge in [0.15, 0.2) is 5.78 Å². The van der Waals surface area contributed by atoms with Crippen LogP contribution in [0.5, 0.6) is 0 Å². The number of ether oxygens (including phenoxy) is 5. The van der Waals surface area contributed by atoms with Crippen LogP contribution in [0.15, 0.2) is 18.2 Å². The van der Waals surface area contributed by atoms with E-state index >= 15 is 0 Å². The molecule has 0 aliphatic carbocycles. The number of rotatable bonds is 35. The summed E-state index contributed by atoms with van der Waals surface area (Å²) in [5.41, 5.74) is 1.10. The van der Waals surface area contributed by atoms with Crippen molar-refractivity contribution >= 4 is 35.4 Å². The maximum absolute atomic E-state index is 12.8. The van der Waals surface area contributed by atoms with Gasteiger partial charge in [-0.25, -0.2) is 0 Å². The van der Waals surface area contributed by atoms with Gasteiger partial charge in [-0.15, -0.1) is 0 Å². The summed E-state index contributed by atoms with van der Waals surface area (Å²) in [6, 6.07) is 4.07. The Hall–Kier alpha value is -3.95. The van der Waals surface area contributed by atoms with E-state index < -0.39 is 30.5 Å². The third kappa shape index (κ3) is 26.5. The van der Waals surface area contributed by atoms with Crippen molar-refractivity contribution in [3.05, 3.63) is 29.6 Å². The van der Waals surface area contributed by atoms with Crippen LogP contribution in [0, 0.1) is 0 Å². The number of hydrogen-bond acceptors (Lipinski definition) is 18. The molecule has 352 valence electrons. The lowest BCUT2D eigenvalue weighted by Crippen LogP contribution is -2.52. The molecule has 0 saturated carbocycles. The highest BCUT2D eigenvalue weighted by atomic mass is 16.5. The van der Waals surface area contributed by atoms with Gasteiger partial charge >= 0.3 is 0 Å². The molecule has 1 atom stereocenters. The molecule has 19 nitrogen and oxygen atoms in total. The maximum Gasteiger partial charge on any atom is 0.219 e. The molecule has 0 saturated heterocycles. The summed E-state index contributed by atoms with van der Waals surface area (Å²) in [6.07, 6.45) is 3.93. The fraction of sp³-hybridized carbons (Fsp3) is 0.744. The molecule has 0 fully saturated rings. The minimum atomic E-state index is -1.35. The second kappa shape index (κ2) is 33.6. The van der Waals surface area contributed by atoms with Crippen molar-refractivity contribution < 1.29 is 67.8 Å². The summed E-state index contributed by atoms with van der Waals surface area (Å²) >= 11 is 0. The first-order valence-electron chi connectivity index (χ1n) is 21.8. The van der Waals surface area contributed by atoms with Crippen molar-refractivity contribution in [1.29, 1.82) is 0 Å². The molecule has 0 aromatic carbocycles. The molecule has 1 aromatic heterocycles. The lowest BCUT2D eigenvalue weighted by Gasteiger charge is -2.35. The first kappa shape index (κ1) is 54.2. The van der Waals surface area contributed by atoms with E-state index in [2.05, 4.69) is 4.98 Å². The van der Waals surface area contributed by atoms with Crippen LogP contribution in [0.3, 0.4) is 0 Å². The van der Waals surface area contributed by atoms with Gasteiger partial charge in [0.25, 0.3) is 0 Å². The zero-order valence-electron chi connectivity index (χ0n) is 36.8. The second-order valence-corrected chi connectivity index (χ2v) is 15.1. The zero-order chi connectivity index (χ0) is 45.4. The maximum atomic E-state index is 12.8. The predicted octanol–water partition coefficient (Wildman–Crippen LogP) is -1.78. The van der Waals surface area contributed by atoms with Crippen molar-refractivity contribution in [3.8, 4) is 0 Å². The highest BCUT2D eigenvalue weighted by molar-refractivity contribution is 5.85. The third-order valence-corrected chi connectivity index (χ3v) is 10.0. The SMILES string of the molecule is CCOCCOCCCN(CC(=O)CCCCOCCOCCOCCCCC(=O)CCC(C(=O)[O-])N1CCN(CC(=O)[O-])CCN(CC(=O)[O-])Cc2cccc(n2)C1)C(C)=O. The largest absolute Gasteiger partial charge is 0.549 e. The summed E-state index contributed by atoms with van der Waals surface area (Å²) in [7, 11) is 0. The van der Waals surface area contributed by atoms with Crippen LogP contribution in [0.2, 0.25) is 0 Å². The van der Waals surface area contributed by atoms with Gasteiger partial charge in [0.2, 0.25) is 5.91 Å². The van der Waals surface area contributed by atoms with Crippen molar-refractivity contribution in [2.75, 3.05) is 118 Å². The first-order chi connectivity index (χ1) is 29.9. The Morgan fingerprint density at radius 3 is 1.74 bits per heavy atom. The predicted molar refractivity (Wildman–Crippen MR) is 219 cm³/mol. The molecule has 2 bridgehead atoms. The minimum absolute atomic E-state index is 0.00663. The van der Waals surface area contributed by atoms with E-state index in [4.69, 9.17) is 23.7 Å². The molecule has 1 unspecified atom stereocenters. The van der Waals surface area contributed by atoms with E-state index in [1.165, 1.54) is 6.92 Å². The number of amides is 1. The summed E-state index contributed by atoms with van der Waals surface area (Å²) in [6.45, 7) is 8.79. The topological polar surface area (TPSA) is 244 Å². The Morgan fingerprint density at radius 1 is 0.645 bits per heavy atom. The number of nitrogens with zero attached hydrogens (tertiary/aromatic N) is 5. The summed E-state index contributed by atoms with van der Waals surface area (Å²) in [5.74, 6) is -4.15. The molecular formula is C43H68N5O14-3. The summed E-state index contributed by atoms with van der Waals surface area (Å²) < 4.78 is 27.4. The van der Waals surface area contributed by atoms with Crippen LogP contribution in [0.1, 0.15) is 83.0 Å². The van der Waals surface area contributed by atoms with Crippen LogP contribution >= 0.6 is 0 Å². The second-order valence-electron chi connectivity index (χ2n) is 15.1. The Labute approximate surface area is 365 Å². The Balaban J connectivity index is 1.60. The number of aromatic nitrogens is 1. The Bertz CT molecular complexity index is 1470. The number of carbonyl (C=O) groups is 6. The average Bonchev–Trinajstić information content (AvgIpc) is 3.21. The van der Waals surface area contributed by atoms with Crippen LogP contribution < -0.4 is 15.3 Å². The highest BCUT2D eigenvalue weighted by Gasteiger charge is 2.24. The minimum Gasteiger partial charge on any atom is -0.549 e. The van der Waals surface area contributed by atoms with Crippen LogP contribution in [-0.2, 0) is 65.5 Å².